The molecule has 1 aromatic heterocycles. The van der Waals surface area contributed by atoms with Crippen molar-refractivity contribution in [2.24, 2.45) is 4.99 Å². The van der Waals surface area contributed by atoms with Gasteiger partial charge < -0.3 is 4.74 Å². The van der Waals surface area contributed by atoms with E-state index in [2.05, 4.69) is 19.7 Å². The smallest absolute Gasteiger partial charge is 0.352 e. The van der Waals surface area contributed by atoms with Gasteiger partial charge in [-0.1, -0.05) is 0 Å². The minimum atomic E-state index is -0.445. The van der Waals surface area contributed by atoms with Crippen LogP contribution in [0.1, 0.15) is 5.56 Å². The minimum absolute atomic E-state index is 0.124. The minimum Gasteiger partial charge on any atom is -0.465 e. The summed E-state index contributed by atoms with van der Waals surface area (Å²) in [7, 11) is 1.31. The van der Waals surface area contributed by atoms with Crippen molar-refractivity contribution in [2.45, 2.75) is 6.42 Å². The Hall–Kier alpha value is -1.49. The van der Waals surface area contributed by atoms with Crippen LogP contribution in [0.15, 0.2) is 11.2 Å². The van der Waals surface area contributed by atoms with Gasteiger partial charge in [0.2, 0.25) is 5.28 Å². The summed E-state index contributed by atoms with van der Waals surface area (Å²) in [6.07, 6.45) is 1.96. The highest BCUT2D eigenvalue weighted by Gasteiger charge is 2.22. The van der Waals surface area contributed by atoms with Crippen LogP contribution in [-0.2, 0) is 16.0 Å². The molecule has 1 aliphatic heterocycles. The van der Waals surface area contributed by atoms with Gasteiger partial charge in [-0.05, 0) is 11.6 Å². The van der Waals surface area contributed by atoms with Gasteiger partial charge in [0.05, 0.1) is 7.11 Å². The molecule has 6 heteroatoms. The number of rotatable bonds is 1. The van der Waals surface area contributed by atoms with Crippen LogP contribution in [0.3, 0.4) is 0 Å². The summed E-state index contributed by atoms with van der Waals surface area (Å²) >= 11 is 5.58. The number of carbonyl (C=O) groups excluding carboxylic acids is 1. The highest BCUT2D eigenvalue weighted by atomic mass is 35.5. The molecule has 14 heavy (non-hydrogen) atoms. The second-order valence-electron chi connectivity index (χ2n) is 2.71. The number of esters is 1. The van der Waals surface area contributed by atoms with E-state index >= 15 is 0 Å². The standard InChI is InChI=1S/C8H6ClN3O2/c1-14-7(13)5-2-4-3-10-8(9)12-6(4)11-5/h3H,2H2,1H3. The molecule has 72 valence electrons. The van der Waals surface area contributed by atoms with Gasteiger partial charge in [-0.2, -0.15) is 4.98 Å². The van der Waals surface area contributed by atoms with Gasteiger partial charge in [-0.15, -0.1) is 0 Å². The predicted octanol–water partition coefficient (Wildman–Crippen LogP) is 0.932. The van der Waals surface area contributed by atoms with Crippen LogP contribution in [0.2, 0.25) is 5.28 Å². The number of methoxy groups -OCH3 is 1. The summed E-state index contributed by atoms with van der Waals surface area (Å²) in [5.41, 5.74) is 1.12. The zero-order valence-electron chi connectivity index (χ0n) is 7.32. The fourth-order valence-corrected chi connectivity index (χ4v) is 1.31. The number of halogens is 1. The van der Waals surface area contributed by atoms with Crippen LogP contribution in [0, 0.1) is 0 Å². The maximum Gasteiger partial charge on any atom is 0.352 e. The summed E-state index contributed by atoms with van der Waals surface area (Å²) in [5, 5.41) is 0.124. The molecule has 0 aromatic carbocycles. The first-order chi connectivity index (χ1) is 6.70. The van der Waals surface area contributed by atoms with E-state index in [1.165, 1.54) is 7.11 Å². The van der Waals surface area contributed by atoms with Crippen LogP contribution in [-0.4, -0.2) is 28.8 Å². The van der Waals surface area contributed by atoms with Gasteiger partial charge in [0, 0.05) is 18.2 Å². The summed E-state index contributed by atoms with van der Waals surface area (Å²) in [6.45, 7) is 0. The van der Waals surface area contributed by atoms with Crippen molar-refractivity contribution < 1.29 is 9.53 Å². The van der Waals surface area contributed by atoms with Gasteiger partial charge in [0.1, 0.15) is 5.71 Å². The number of fused-ring (bicyclic) bond motifs is 1. The first kappa shape index (κ1) is 9.08. The van der Waals surface area contributed by atoms with E-state index in [1.807, 2.05) is 0 Å². The molecule has 1 aromatic rings. The molecule has 0 radical (unpaired) electrons. The van der Waals surface area contributed by atoms with E-state index < -0.39 is 5.97 Å². The van der Waals surface area contributed by atoms with Crippen molar-refractivity contribution >= 4 is 29.1 Å². The number of hydrogen-bond acceptors (Lipinski definition) is 5. The monoisotopic (exact) mass is 211 g/mol. The molecular weight excluding hydrogens is 206 g/mol. The third kappa shape index (κ3) is 1.46. The molecule has 0 amide bonds. The third-order valence-electron chi connectivity index (χ3n) is 1.83. The van der Waals surface area contributed by atoms with Crippen LogP contribution < -0.4 is 0 Å². The molecule has 0 fully saturated rings. The molecule has 0 atom stereocenters. The third-order valence-corrected chi connectivity index (χ3v) is 2.01. The lowest BCUT2D eigenvalue weighted by molar-refractivity contribution is -0.132. The Morgan fingerprint density at radius 2 is 2.43 bits per heavy atom. The molecule has 0 bridgehead atoms. The van der Waals surface area contributed by atoms with Crippen LogP contribution in [0.25, 0.3) is 0 Å². The van der Waals surface area contributed by atoms with Crippen molar-refractivity contribution in [3.05, 3.63) is 17.0 Å². The van der Waals surface area contributed by atoms with Crippen molar-refractivity contribution in [3.8, 4) is 0 Å². The Morgan fingerprint density at radius 3 is 3.14 bits per heavy atom. The Balaban J connectivity index is 2.34. The van der Waals surface area contributed by atoms with E-state index in [1.54, 1.807) is 6.20 Å². The lowest BCUT2D eigenvalue weighted by Crippen LogP contribution is -2.15. The highest BCUT2D eigenvalue weighted by molar-refractivity contribution is 6.38. The van der Waals surface area contributed by atoms with Gasteiger partial charge in [0.15, 0.2) is 5.82 Å². The van der Waals surface area contributed by atoms with E-state index in [0.29, 0.717) is 18.0 Å². The van der Waals surface area contributed by atoms with E-state index in [4.69, 9.17) is 11.6 Å². The second-order valence-corrected chi connectivity index (χ2v) is 3.05. The summed E-state index contributed by atoms with van der Waals surface area (Å²) in [6, 6.07) is 0. The topological polar surface area (TPSA) is 64.4 Å². The normalized spacial score (nSPS) is 13.4. The second kappa shape index (κ2) is 3.34. The molecule has 0 spiro atoms. The average Bonchev–Trinajstić information content (AvgIpc) is 2.59. The average molecular weight is 212 g/mol. The number of aromatic nitrogens is 2. The first-order valence-corrected chi connectivity index (χ1v) is 4.26. The number of nitrogens with zero attached hydrogens (tertiary/aromatic N) is 3. The maximum atomic E-state index is 11.1. The lowest BCUT2D eigenvalue weighted by atomic mass is 10.2. The fourth-order valence-electron chi connectivity index (χ4n) is 1.18. The Kier molecular flexibility index (Phi) is 2.17. The van der Waals surface area contributed by atoms with E-state index in [9.17, 15) is 4.79 Å². The maximum absolute atomic E-state index is 11.1. The molecule has 5 nitrogen and oxygen atoms in total. The van der Waals surface area contributed by atoms with Crippen molar-refractivity contribution in [1.29, 1.82) is 0 Å². The molecule has 2 heterocycles. The molecule has 0 unspecified atom stereocenters. The van der Waals surface area contributed by atoms with Gasteiger partial charge >= 0.3 is 5.97 Å². The van der Waals surface area contributed by atoms with Crippen molar-refractivity contribution in [2.75, 3.05) is 7.11 Å². The summed E-state index contributed by atoms with van der Waals surface area (Å²) in [5.74, 6) is 0.00419. The van der Waals surface area contributed by atoms with Crippen LogP contribution in [0.5, 0.6) is 0 Å². The van der Waals surface area contributed by atoms with Gasteiger partial charge in [-0.25, -0.2) is 14.8 Å². The molecule has 1 aliphatic rings. The van der Waals surface area contributed by atoms with E-state index in [0.717, 1.165) is 5.56 Å². The van der Waals surface area contributed by atoms with Gasteiger partial charge in [0.25, 0.3) is 0 Å². The van der Waals surface area contributed by atoms with Crippen molar-refractivity contribution in [3.63, 3.8) is 0 Å². The van der Waals surface area contributed by atoms with Crippen LogP contribution >= 0.6 is 11.6 Å². The molecule has 0 aliphatic carbocycles. The SMILES string of the molecule is COC(=O)C1=Nc2nc(Cl)ncc2C1. The van der Waals surface area contributed by atoms with Gasteiger partial charge in [-0.3, -0.25) is 0 Å². The lowest BCUT2D eigenvalue weighted by Gasteiger charge is -1.95. The number of carbonyl (C=O) groups is 1. The molecule has 0 N–H and O–H groups in total. The Bertz CT molecular complexity index is 431. The quantitative estimate of drug-likeness (QED) is 0.512. The van der Waals surface area contributed by atoms with Crippen molar-refractivity contribution in [1.82, 2.24) is 9.97 Å². The molecule has 2 rings (SSSR count). The number of hydrogen-bond donors (Lipinski definition) is 0. The Morgan fingerprint density at radius 1 is 1.64 bits per heavy atom. The zero-order chi connectivity index (χ0) is 10.1. The summed E-state index contributed by atoms with van der Waals surface area (Å²) < 4.78 is 4.54. The number of ether oxygens (including phenoxy) is 1. The molecular formula is C8H6ClN3O2. The fraction of sp³-hybridized carbons (Fsp3) is 0.250. The Labute approximate surface area is 84.8 Å². The van der Waals surface area contributed by atoms with Crippen LogP contribution in [0.4, 0.5) is 5.82 Å². The number of aliphatic imine (C=N–C) groups is 1. The molecule has 0 saturated heterocycles. The zero-order valence-corrected chi connectivity index (χ0v) is 8.08. The highest BCUT2D eigenvalue weighted by Crippen LogP contribution is 2.24. The first-order valence-electron chi connectivity index (χ1n) is 3.88. The largest absolute Gasteiger partial charge is 0.465 e. The predicted molar refractivity (Wildman–Crippen MR) is 49.9 cm³/mol. The molecule has 0 saturated carbocycles. The van der Waals surface area contributed by atoms with E-state index in [-0.39, 0.29) is 5.28 Å². The summed E-state index contributed by atoms with van der Waals surface area (Å²) in [4.78, 5) is 22.8.